The maximum absolute atomic E-state index is 11.6. The largest absolute Gasteiger partial charge is 0.496 e. The van der Waals surface area contributed by atoms with Crippen molar-refractivity contribution < 1.29 is 9.53 Å². The predicted octanol–water partition coefficient (Wildman–Crippen LogP) is 4.34. The van der Waals surface area contributed by atoms with Crippen LogP contribution in [0.1, 0.15) is 48.0 Å². The van der Waals surface area contributed by atoms with Crippen LogP contribution in [0.25, 0.3) is 11.0 Å². The molecule has 1 amide bonds. The SMILES string of the molecule is COc1ccccc1CNc1nc2cc(C(N)=O)ccc2n1CC1CCCCC1. The number of hydrogen-bond acceptors (Lipinski definition) is 4. The number of fused-ring (bicyclic) bond motifs is 1. The second-order valence-electron chi connectivity index (χ2n) is 7.78. The molecule has 0 spiro atoms. The van der Waals surface area contributed by atoms with Crippen LogP contribution in [0.3, 0.4) is 0 Å². The summed E-state index contributed by atoms with van der Waals surface area (Å²) >= 11 is 0. The number of imidazole rings is 1. The Balaban J connectivity index is 1.66. The molecule has 0 aliphatic heterocycles. The van der Waals surface area contributed by atoms with Crippen LogP contribution in [0.15, 0.2) is 42.5 Å². The van der Waals surface area contributed by atoms with E-state index in [-0.39, 0.29) is 0 Å². The normalized spacial score (nSPS) is 14.8. The molecule has 1 fully saturated rings. The van der Waals surface area contributed by atoms with Gasteiger partial charge >= 0.3 is 0 Å². The number of anilines is 1. The number of primary amides is 1. The molecule has 3 aromatic rings. The van der Waals surface area contributed by atoms with Crippen LogP contribution in [0.4, 0.5) is 5.95 Å². The second-order valence-corrected chi connectivity index (χ2v) is 7.78. The van der Waals surface area contributed by atoms with Crippen LogP contribution < -0.4 is 15.8 Å². The molecule has 1 heterocycles. The molecule has 1 aliphatic carbocycles. The fourth-order valence-electron chi connectivity index (χ4n) is 4.25. The van der Waals surface area contributed by atoms with Crippen molar-refractivity contribution in [2.24, 2.45) is 11.7 Å². The molecule has 0 unspecified atom stereocenters. The van der Waals surface area contributed by atoms with E-state index in [2.05, 4.69) is 9.88 Å². The number of nitrogens with one attached hydrogen (secondary N) is 1. The van der Waals surface area contributed by atoms with E-state index in [4.69, 9.17) is 15.5 Å². The summed E-state index contributed by atoms with van der Waals surface area (Å²) in [4.78, 5) is 16.4. The molecular weight excluding hydrogens is 364 g/mol. The molecule has 29 heavy (non-hydrogen) atoms. The molecule has 1 aromatic heterocycles. The van der Waals surface area contributed by atoms with E-state index >= 15 is 0 Å². The zero-order valence-electron chi connectivity index (χ0n) is 16.9. The number of para-hydroxylation sites is 1. The van der Waals surface area contributed by atoms with Crippen LogP contribution >= 0.6 is 0 Å². The van der Waals surface area contributed by atoms with Crippen molar-refractivity contribution in [3.05, 3.63) is 53.6 Å². The third-order valence-corrected chi connectivity index (χ3v) is 5.83. The molecular formula is C23H28N4O2. The van der Waals surface area contributed by atoms with E-state index in [0.717, 1.165) is 34.8 Å². The Bertz CT molecular complexity index is 1010. The van der Waals surface area contributed by atoms with Crippen molar-refractivity contribution in [1.82, 2.24) is 9.55 Å². The molecule has 4 rings (SSSR count). The van der Waals surface area contributed by atoms with Crippen molar-refractivity contribution in [2.45, 2.75) is 45.2 Å². The predicted molar refractivity (Wildman–Crippen MR) is 115 cm³/mol. The first-order valence-corrected chi connectivity index (χ1v) is 10.3. The maximum Gasteiger partial charge on any atom is 0.248 e. The summed E-state index contributed by atoms with van der Waals surface area (Å²) in [5, 5.41) is 3.49. The molecule has 152 valence electrons. The number of methoxy groups -OCH3 is 1. The van der Waals surface area contributed by atoms with Crippen molar-refractivity contribution in [3.8, 4) is 5.75 Å². The lowest BCUT2D eigenvalue weighted by molar-refractivity contribution is 0.100. The fraction of sp³-hybridized carbons (Fsp3) is 0.391. The first-order chi connectivity index (χ1) is 14.2. The molecule has 0 radical (unpaired) electrons. The van der Waals surface area contributed by atoms with E-state index in [1.807, 2.05) is 30.3 Å². The summed E-state index contributed by atoms with van der Waals surface area (Å²) in [6.45, 7) is 1.54. The molecule has 2 aromatic carbocycles. The van der Waals surface area contributed by atoms with Gasteiger partial charge in [0.05, 0.1) is 18.1 Å². The van der Waals surface area contributed by atoms with Gasteiger partial charge in [-0.25, -0.2) is 4.98 Å². The molecule has 0 bridgehead atoms. The van der Waals surface area contributed by atoms with Gasteiger partial charge in [-0.2, -0.15) is 0 Å². The molecule has 6 heteroatoms. The highest BCUT2D eigenvalue weighted by Gasteiger charge is 2.19. The molecule has 0 saturated heterocycles. The van der Waals surface area contributed by atoms with Crippen LogP contribution in [-0.4, -0.2) is 22.6 Å². The summed E-state index contributed by atoms with van der Waals surface area (Å²) in [5.41, 5.74) is 8.84. The van der Waals surface area contributed by atoms with Crippen molar-refractivity contribution in [1.29, 1.82) is 0 Å². The number of carbonyl (C=O) groups excluding carboxylic acids is 1. The number of aromatic nitrogens is 2. The molecule has 6 nitrogen and oxygen atoms in total. The average Bonchev–Trinajstić information content (AvgIpc) is 3.09. The van der Waals surface area contributed by atoms with Crippen molar-refractivity contribution in [3.63, 3.8) is 0 Å². The van der Waals surface area contributed by atoms with E-state index in [1.165, 1.54) is 32.1 Å². The highest BCUT2D eigenvalue weighted by Crippen LogP contribution is 2.29. The van der Waals surface area contributed by atoms with Gasteiger partial charge in [-0.3, -0.25) is 4.79 Å². The molecule has 1 saturated carbocycles. The minimum absolute atomic E-state index is 0.433. The number of amides is 1. The summed E-state index contributed by atoms with van der Waals surface area (Å²) in [6, 6.07) is 13.5. The minimum atomic E-state index is -0.433. The van der Waals surface area contributed by atoms with Gasteiger partial charge in [0, 0.05) is 24.2 Å². The fourth-order valence-corrected chi connectivity index (χ4v) is 4.25. The summed E-state index contributed by atoms with van der Waals surface area (Å²) < 4.78 is 7.72. The van der Waals surface area contributed by atoms with Gasteiger partial charge < -0.3 is 20.4 Å². The van der Waals surface area contributed by atoms with E-state index in [9.17, 15) is 4.79 Å². The Kier molecular flexibility index (Phi) is 5.69. The lowest BCUT2D eigenvalue weighted by atomic mass is 9.89. The number of rotatable bonds is 7. The Morgan fingerprint density at radius 1 is 1.21 bits per heavy atom. The van der Waals surface area contributed by atoms with E-state index in [1.54, 1.807) is 19.2 Å². The van der Waals surface area contributed by atoms with Gasteiger partial charge in [-0.05, 0) is 43.0 Å². The van der Waals surface area contributed by atoms with Gasteiger partial charge in [0.1, 0.15) is 5.75 Å². The van der Waals surface area contributed by atoms with Gasteiger partial charge in [-0.15, -0.1) is 0 Å². The van der Waals surface area contributed by atoms with Crippen LogP contribution in [0.5, 0.6) is 5.75 Å². The first-order valence-electron chi connectivity index (χ1n) is 10.3. The quantitative estimate of drug-likeness (QED) is 0.627. The van der Waals surface area contributed by atoms with Crippen molar-refractivity contribution >= 4 is 22.9 Å². The molecule has 3 N–H and O–H groups in total. The number of ether oxygens (including phenoxy) is 1. The zero-order chi connectivity index (χ0) is 20.2. The summed E-state index contributed by atoms with van der Waals surface area (Å²) in [7, 11) is 1.68. The summed E-state index contributed by atoms with van der Waals surface area (Å²) in [5.74, 6) is 1.89. The first kappa shape index (κ1) is 19.3. The molecule has 1 aliphatic rings. The van der Waals surface area contributed by atoms with Crippen LogP contribution in [0.2, 0.25) is 0 Å². The average molecular weight is 393 g/mol. The van der Waals surface area contributed by atoms with Gasteiger partial charge in [0.2, 0.25) is 11.9 Å². The minimum Gasteiger partial charge on any atom is -0.496 e. The Labute approximate surface area is 171 Å². The lowest BCUT2D eigenvalue weighted by Crippen LogP contribution is -2.16. The second kappa shape index (κ2) is 8.55. The van der Waals surface area contributed by atoms with Gasteiger partial charge in [-0.1, -0.05) is 37.5 Å². The number of nitrogens with zero attached hydrogens (tertiary/aromatic N) is 2. The smallest absolute Gasteiger partial charge is 0.248 e. The van der Waals surface area contributed by atoms with Crippen molar-refractivity contribution in [2.75, 3.05) is 12.4 Å². The third-order valence-electron chi connectivity index (χ3n) is 5.83. The standard InChI is InChI=1S/C23H28N4O2/c1-29-21-10-6-5-9-18(21)14-25-23-26-19-13-17(22(24)28)11-12-20(19)27(23)15-16-7-3-2-4-8-16/h5-6,9-13,16H,2-4,7-8,14-15H2,1H3,(H2,24,28)(H,25,26). The van der Waals surface area contributed by atoms with Crippen LogP contribution in [-0.2, 0) is 13.1 Å². The van der Waals surface area contributed by atoms with E-state index in [0.29, 0.717) is 18.0 Å². The zero-order valence-corrected chi connectivity index (χ0v) is 16.9. The topological polar surface area (TPSA) is 82.2 Å². The Morgan fingerprint density at radius 2 is 2.00 bits per heavy atom. The Morgan fingerprint density at radius 3 is 2.76 bits per heavy atom. The van der Waals surface area contributed by atoms with E-state index < -0.39 is 5.91 Å². The monoisotopic (exact) mass is 392 g/mol. The number of nitrogens with two attached hydrogens (primary N) is 1. The Hall–Kier alpha value is -3.02. The van der Waals surface area contributed by atoms with Gasteiger partial charge in [0.15, 0.2) is 0 Å². The number of carbonyl (C=O) groups is 1. The number of hydrogen-bond donors (Lipinski definition) is 2. The highest BCUT2D eigenvalue weighted by molar-refractivity contribution is 5.96. The lowest BCUT2D eigenvalue weighted by Gasteiger charge is -2.23. The third kappa shape index (κ3) is 4.21. The maximum atomic E-state index is 11.6. The number of benzene rings is 2. The highest BCUT2D eigenvalue weighted by atomic mass is 16.5. The molecule has 0 atom stereocenters. The summed E-state index contributed by atoms with van der Waals surface area (Å²) in [6.07, 6.45) is 6.44. The van der Waals surface area contributed by atoms with Crippen LogP contribution in [0, 0.1) is 5.92 Å². The van der Waals surface area contributed by atoms with Gasteiger partial charge in [0.25, 0.3) is 0 Å².